The molecule has 2 N–H and O–H groups in total. The zero-order chi connectivity index (χ0) is 10.4. The van der Waals surface area contributed by atoms with Crippen LogP contribution in [0.15, 0.2) is 30.3 Å². The van der Waals surface area contributed by atoms with E-state index in [1.54, 1.807) is 0 Å². The van der Waals surface area contributed by atoms with E-state index in [1.165, 1.54) is 7.11 Å². The van der Waals surface area contributed by atoms with E-state index in [0.29, 0.717) is 13.0 Å². The summed E-state index contributed by atoms with van der Waals surface area (Å²) in [6, 6.07) is 9.79. The Morgan fingerprint density at radius 3 is 2.57 bits per heavy atom. The number of hydrogen-bond acceptors (Lipinski definition) is 3. The van der Waals surface area contributed by atoms with Crippen LogP contribution in [0.25, 0.3) is 0 Å². The maximum atomic E-state index is 11.2. The lowest BCUT2D eigenvalue weighted by atomic mass is 10.00. The molecule has 0 radical (unpaired) electrons. The molecule has 0 aliphatic carbocycles. The van der Waals surface area contributed by atoms with Crippen LogP contribution < -0.4 is 5.73 Å². The van der Waals surface area contributed by atoms with Crippen molar-refractivity contribution in [3.05, 3.63) is 35.9 Å². The summed E-state index contributed by atoms with van der Waals surface area (Å²) in [7, 11) is 1.38. The zero-order valence-electron chi connectivity index (χ0n) is 8.27. The van der Waals surface area contributed by atoms with Gasteiger partial charge in [0.25, 0.3) is 0 Å². The molecule has 0 amide bonds. The molecule has 0 unspecified atom stereocenters. The summed E-state index contributed by atoms with van der Waals surface area (Å²) in [5.74, 6) is -0.473. The summed E-state index contributed by atoms with van der Waals surface area (Å²) in [5, 5.41) is 0. The molecule has 0 saturated heterocycles. The van der Waals surface area contributed by atoms with E-state index in [9.17, 15) is 4.79 Å². The highest BCUT2D eigenvalue weighted by molar-refractivity contribution is 5.72. The SMILES string of the molecule is COC(=O)[C@@H](CN)Cc1ccccc1. The Bertz CT molecular complexity index is 285. The zero-order valence-corrected chi connectivity index (χ0v) is 8.27. The van der Waals surface area contributed by atoms with Crippen LogP contribution in [0.3, 0.4) is 0 Å². The van der Waals surface area contributed by atoms with Crippen LogP contribution in [-0.4, -0.2) is 19.6 Å². The van der Waals surface area contributed by atoms with Gasteiger partial charge in [0, 0.05) is 6.54 Å². The first-order chi connectivity index (χ1) is 6.77. The number of carbonyl (C=O) groups excluding carboxylic acids is 1. The van der Waals surface area contributed by atoms with Crippen molar-refractivity contribution >= 4 is 5.97 Å². The summed E-state index contributed by atoms with van der Waals surface area (Å²) < 4.78 is 4.66. The van der Waals surface area contributed by atoms with Crippen molar-refractivity contribution in [2.24, 2.45) is 11.7 Å². The number of carbonyl (C=O) groups is 1. The average molecular weight is 193 g/mol. The fourth-order valence-corrected chi connectivity index (χ4v) is 1.33. The first-order valence-corrected chi connectivity index (χ1v) is 4.59. The molecule has 3 heteroatoms. The summed E-state index contributed by atoms with van der Waals surface area (Å²) in [6.07, 6.45) is 0.643. The van der Waals surface area contributed by atoms with E-state index >= 15 is 0 Å². The smallest absolute Gasteiger partial charge is 0.310 e. The largest absolute Gasteiger partial charge is 0.469 e. The monoisotopic (exact) mass is 193 g/mol. The van der Waals surface area contributed by atoms with Crippen molar-refractivity contribution in [2.75, 3.05) is 13.7 Å². The van der Waals surface area contributed by atoms with Crippen LogP contribution in [0.2, 0.25) is 0 Å². The molecule has 1 atom stereocenters. The Kier molecular flexibility index (Phi) is 4.13. The Morgan fingerprint density at radius 1 is 1.43 bits per heavy atom. The van der Waals surface area contributed by atoms with E-state index in [0.717, 1.165) is 5.56 Å². The molecule has 0 aromatic heterocycles. The van der Waals surface area contributed by atoms with Crippen LogP contribution in [0.5, 0.6) is 0 Å². The predicted octanol–water partition coefficient (Wildman–Crippen LogP) is 0.977. The van der Waals surface area contributed by atoms with Crippen molar-refractivity contribution in [3.63, 3.8) is 0 Å². The molecule has 0 bridgehead atoms. The van der Waals surface area contributed by atoms with E-state index in [4.69, 9.17) is 5.73 Å². The Labute approximate surface area is 83.9 Å². The lowest BCUT2D eigenvalue weighted by Gasteiger charge is -2.11. The quantitative estimate of drug-likeness (QED) is 0.725. The van der Waals surface area contributed by atoms with Crippen molar-refractivity contribution < 1.29 is 9.53 Å². The predicted molar refractivity (Wildman–Crippen MR) is 54.7 cm³/mol. The van der Waals surface area contributed by atoms with Crippen LogP contribution in [0.4, 0.5) is 0 Å². The van der Waals surface area contributed by atoms with Gasteiger partial charge in [-0.25, -0.2) is 0 Å². The summed E-state index contributed by atoms with van der Waals surface area (Å²) in [6.45, 7) is 0.321. The third-order valence-corrected chi connectivity index (χ3v) is 2.14. The van der Waals surface area contributed by atoms with Gasteiger partial charge in [-0.3, -0.25) is 4.79 Å². The van der Waals surface area contributed by atoms with Crippen LogP contribution in [-0.2, 0) is 16.0 Å². The fraction of sp³-hybridized carbons (Fsp3) is 0.364. The average Bonchev–Trinajstić information content (AvgIpc) is 2.26. The van der Waals surface area contributed by atoms with Gasteiger partial charge in [-0.05, 0) is 12.0 Å². The minimum Gasteiger partial charge on any atom is -0.469 e. The van der Waals surface area contributed by atoms with Gasteiger partial charge in [0.1, 0.15) is 0 Å². The second-order valence-electron chi connectivity index (χ2n) is 3.15. The highest BCUT2D eigenvalue weighted by Crippen LogP contribution is 2.08. The number of esters is 1. The summed E-state index contributed by atoms with van der Waals surface area (Å²) in [5.41, 5.74) is 6.60. The first kappa shape index (κ1) is 10.7. The Balaban J connectivity index is 2.62. The molecular weight excluding hydrogens is 178 g/mol. The normalized spacial score (nSPS) is 12.1. The van der Waals surface area contributed by atoms with Crippen molar-refractivity contribution in [2.45, 2.75) is 6.42 Å². The number of nitrogens with two attached hydrogens (primary N) is 1. The number of rotatable bonds is 4. The highest BCUT2D eigenvalue weighted by Gasteiger charge is 2.17. The van der Waals surface area contributed by atoms with Crippen LogP contribution >= 0.6 is 0 Å². The van der Waals surface area contributed by atoms with Gasteiger partial charge in [-0.1, -0.05) is 30.3 Å². The first-order valence-electron chi connectivity index (χ1n) is 4.59. The van der Waals surface area contributed by atoms with Gasteiger partial charge in [0.15, 0.2) is 0 Å². The van der Waals surface area contributed by atoms with Crippen molar-refractivity contribution in [3.8, 4) is 0 Å². The van der Waals surface area contributed by atoms with Gasteiger partial charge in [-0.2, -0.15) is 0 Å². The highest BCUT2D eigenvalue weighted by atomic mass is 16.5. The summed E-state index contributed by atoms with van der Waals surface area (Å²) >= 11 is 0. The molecule has 14 heavy (non-hydrogen) atoms. The minimum absolute atomic E-state index is 0.234. The standard InChI is InChI=1S/C11H15NO2/c1-14-11(13)10(8-12)7-9-5-3-2-4-6-9/h2-6,10H,7-8,12H2,1H3/t10-/m1/s1. The fourth-order valence-electron chi connectivity index (χ4n) is 1.33. The van der Waals surface area contributed by atoms with Gasteiger partial charge < -0.3 is 10.5 Å². The van der Waals surface area contributed by atoms with E-state index in [2.05, 4.69) is 4.74 Å². The van der Waals surface area contributed by atoms with Gasteiger partial charge in [0.2, 0.25) is 0 Å². The minimum atomic E-state index is -0.239. The lowest BCUT2D eigenvalue weighted by Crippen LogP contribution is -2.26. The lowest BCUT2D eigenvalue weighted by molar-refractivity contribution is -0.145. The molecule has 0 aliphatic heterocycles. The number of methoxy groups -OCH3 is 1. The topological polar surface area (TPSA) is 52.3 Å². The number of ether oxygens (including phenoxy) is 1. The molecule has 76 valence electrons. The molecule has 0 saturated carbocycles. The second kappa shape index (κ2) is 5.40. The van der Waals surface area contributed by atoms with Crippen LogP contribution in [0, 0.1) is 5.92 Å². The molecule has 0 spiro atoms. The van der Waals surface area contributed by atoms with E-state index < -0.39 is 0 Å². The molecule has 1 aromatic carbocycles. The molecule has 0 heterocycles. The van der Waals surface area contributed by atoms with Gasteiger partial charge in [-0.15, -0.1) is 0 Å². The second-order valence-corrected chi connectivity index (χ2v) is 3.15. The molecule has 0 fully saturated rings. The Hall–Kier alpha value is -1.35. The van der Waals surface area contributed by atoms with Crippen LogP contribution in [0.1, 0.15) is 5.56 Å². The molecular formula is C11H15NO2. The number of benzene rings is 1. The molecule has 1 rings (SSSR count). The Morgan fingerprint density at radius 2 is 2.07 bits per heavy atom. The molecule has 1 aromatic rings. The van der Waals surface area contributed by atoms with Gasteiger partial charge in [0.05, 0.1) is 13.0 Å². The van der Waals surface area contributed by atoms with Crippen molar-refractivity contribution in [1.29, 1.82) is 0 Å². The van der Waals surface area contributed by atoms with E-state index in [1.807, 2.05) is 30.3 Å². The molecule has 3 nitrogen and oxygen atoms in total. The summed E-state index contributed by atoms with van der Waals surface area (Å²) in [4.78, 5) is 11.2. The van der Waals surface area contributed by atoms with Crippen molar-refractivity contribution in [1.82, 2.24) is 0 Å². The van der Waals surface area contributed by atoms with E-state index in [-0.39, 0.29) is 11.9 Å². The molecule has 0 aliphatic rings. The number of hydrogen-bond donors (Lipinski definition) is 1. The third kappa shape index (κ3) is 2.85. The maximum Gasteiger partial charge on any atom is 0.310 e. The maximum absolute atomic E-state index is 11.2. The van der Waals surface area contributed by atoms with Gasteiger partial charge >= 0.3 is 5.97 Å². The third-order valence-electron chi connectivity index (χ3n) is 2.14.